The van der Waals surface area contributed by atoms with Crippen LogP contribution in [0.15, 0.2) is 42.5 Å². The van der Waals surface area contributed by atoms with Crippen LogP contribution >= 0.6 is 0 Å². The highest BCUT2D eigenvalue weighted by Gasteiger charge is 2.45. The van der Waals surface area contributed by atoms with Gasteiger partial charge < -0.3 is 25.5 Å². The van der Waals surface area contributed by atoms with E-state index in [1.165, 1.54) is 24.8 Å². The molecule has 0 bridgehead atoms. The summed E-state index contributed by atoms with van der Waals surface area (Å²) in [5.41, 5.74) is 4.06. The first-order valence-electron chi connectivity index (χ1n) is 12.0. The number of phenols is 1. The minimum atomic E-state index is -1.30. The standard InChI is InChI=1S/C27H34O5/c28-14-22-13-23(26(31)27(32)25(22)30)18-5-6-24(29)21(11-18)8-16-3-1-15(2-4-16)7-17-9-19-12-20(19)10-17/h1-6,11,17,19-20,22-23,25-32H,7-10,12-14H2/t17?,19-,20+,22-,23+,25-,26+,27+/m1/s1. The Morgan fingerprint density at radius 1 is 0.750 bits per heavy atom. The molecule has 3 fully saturated rings. The van der Waals surface area contributed by atoms with E-state index in [-0.39, 0.29) is 12.4 Å². The Balaban J connectivity index is 1.28. The van der Waals surface area contributed by atoms with Gasteiger partial charge in [0.1, 0.15) is 11.9 Å². The summed E-state index contributed by atoms with van der Waals surface area (Å²) >= 11 is 0. The lowest BCUT2D eigenvalue weighted by Gasteiger charge is -2.40. The highest BCUT2D eigenvalue weighted by molar-refractivity contribution is 5.42. The van der Waals surface area contributed by atoms with E-state index in [0.717, 1.165) is 40.9 Å². The molecule has 0 heterocycles. The third-order valence-corrected chi connectivity index (χ3v) is 8.20. The van der Waals surface area contributed by atoms with Gasteiger partial charge in [-0.1, -0.05) is 36.4 Å². The van der Waals surface area contributed by atoms with Crippen molar-refractivity contribution in [1.82, 2.24) is 0 Å². The van der Waals surface area contributed by atoms with E-state index in [2.05, 4.69) is 24.3 Å². The van der Waals surface area contributed by atoms with E-state index in [0.29, 0.717) is 12.8 Å². The summed E-state index contributed by atoms with van der Waals surface area (Å²) in [4.78, 5) is 0. The highest BCUT2D eigenvalue weighted by atomic mass is 16.4. The Morgan fingerprint density at radius 3 is 2.12 bits per heavy atom. The zero-order valence-electron chi connectivity index (χ0n) is 18.3. The van der Waals surface area contributed by atoms with Crippen molar-refractivity contribution in [2.45, 2.75) is 62.8 Å². The number of aromatic hydroxyl groups is 1. The maximum absolute atomic E-state index is 10.5. The average Bonchev–Trinajstić information content (AvgIpc) is 3.41. The monoisotopic (exact) mass is 438 g/mol. The SMILES string of the molecule is OC[C@H]1C[C@@H](c2ccc(O)c(Cc3ccc(CC4C[C@@H]5C[C@@H]5C4)cc3)c2)[C@H](O)[C@@H](O)[C@@H]1O. The number of benzene rings is 2. The third-order valence-electron chi connectivity index (χ3n) is 8.20. The van der Waals surface area contributed by atoms with Crippen LogP contribution in [0.1, 0.15) is 53.9 Å². The molecule has 0 aromatic heterocycles. The van der Waals surface area contributed by atoms with Crippen LogP contribution in [0.3, 0.4) is 0 Å². The summed E-state index contributed by atoms with van der Waals surface area (Å²) in [5, 5.41) is 50.8. The van der Waals surface area contributed by atoms with Gasteiger partial charge in [0.05, 0.1) is 12.2 Å². The number of phenolic OH excluding ortho intramolecular Hbond substituents is 1. The molecule has 5 nitrogen and oxygen atoms in total. The van der Waals surface area contributed by atoms with Crippen molar-refractivity contribution >= 4 is 0 Å². The fourth-order valence-electron chi connectivity index (χ4n) is 6.17. The van der Waals surface area contributed by atoms with E-state index in [4.69, 9.17) is 0 Å². The van der Waals surface area contributed by atoms with Crippen molar-refractivity contribution in [2.75, 3.05) is 6.61 Å². The van der Waals surface area contributed by atoms with Gasteiger partial charge in [0.15, 0.2) is 0 Å². The van der Waals surface area contributed by atoms with Gasteiger partial charge in [0.2, 0.25) is 0 Å². The fourth-order valence-corrected chi connectivity index (χ4v) is 6.17. The zero-order chi connectivity index (χ0) is 22.4. The molecule has 2 aromatic carbocycles. The Bertz CT molecular complexity index is 930. The number of aliphatic hydroxyl groups is 4. The van der Waals surface area contributed by atoms with Crippen LogP contribution in [-0.2, 0) is 12.8 Å². The summed E-state index contributed by atoms with van der Waals surface area (Å²) in [6.07, 6.45) is 2.78. The van der Waals surface area contributed by atoms with Gasteiger partial charge in [-0.2, -0.15) is 0 Å². The maximum Gasteiger partial charge on any atom is 0.119 e. The highest BCUT2D eigenvalue weighted by Crippen LogP contribution is 2.55. The normalized spacial score (nSPS) is 36.1. The molecule has 2 aromatic rings. The molecule has 0 aliphatic heterocycles. The summed E-state index contributed by atoms with van der Waals surface area (Å²) in [6.45, 7) is -0.249. The maximum atomic E-state index is 10.5. The van der Waals surface area contributed by atoms with Crippen LogP contribution in [0, 0.1) is 23.7 Å². The van der Waals surface area contributed by atoms with E-state index in [1.54, 1.807) is 12.1 Å². The molecule has 32 heavy (non-hydrogen) atoms. The van der Waals surface area contributed by atoms with Gasteiger partial charge in [-0.05, 0) is 78.2 Å². The van der Waals surface area contributed by atoms with E-state index in [9.17, 15) is 25.5 Å². The first-order valence-corrected chi connectivity index (χ1v) is 12.0. The van der Waals surface area contributed by atoms with Crippen LogP contribution in [0.25, 0.3) is 0 Å². The molecular formula is C27H34O5. The fraction of sp³-hybridized carbons (Fsp3) is 0.556. The predicted molar refractivity (Wildman–Crippen MR) is 121 cm³/mol. The summed E-state index contributed by atoms with van der Waals surface area (Å²) in [5.74, 6) is 2.15. The minimum Gasteiger partial charge on any atom is -0.508 e. The second kappa shape index (κ2) is 8.79. The Kier molecular flexibility index (Phi) is 6.01. The number of rotatable bonds is 6. The number of hydrogen-bond acceptors (Lipinski definition) is 5. The molecule has 8 atom stereocenters. The first-order chi connectivity index (χ1) is 15.4. The zero-order valence-corrected chi connectivity index (χ0v) is 18.3. The van der Waals surface area contributed by atoms with Crippen LogP contribution in [0.4, 0.5) is 0 Å². The Hall–Kier alpha value is -1.92. The van der Waals surface area contributed by atoms with Crippen LogP contribution in [0.5, 0.6) is 5.75 Å². The second-order valence-electron chi connectivity index (χ2n) is 10.4. The van der Waals surface area contributed by atoms with E-state index in [1.807, 2.05) is 6.07 Å². The molecule has 0 spiro atoms. The minimum absolute atomic E-state index is 0.201. The Labute approximate surface area is 189 Å². The van der Waals surface area contributed by atoms with Gasteiger partial charge >= 0.3 is 0 Å². The van der Waals surface area contributed by atoms with Crippen LogP contribution < -0.4 is 0 Å². The molecule has 3 saturated carbocycles. The predicted octanol–water partition coefficient (Wildman–Crippen LogP) is 2.75. The molecule has 3 aliphatic carbocycles. The number of aliphatic hydroxyl groups excluding tert-OH is 4. The topological polar surface area (TPSA) is 101 Å². The van der Waals surface area contributed by atoms with Crippen molar-refractivity contribution in [2.24, 2.45) is 23.7 Å². The van der Waals surface area contributed by atoms with Gasteiger partial charge in [-0.3, -0.25) is 0 Å². The summed E-state index contributed by atoms with van der Waals surface area (Å²) < 4.78 is 0. The van der Waals surface area contributed by atoms with Gasteiger partial charge in [-0.25, -0.2) is 0 Å². The van der Waals surface area contributed by atoms with Crippen molar-refractivity contribution in [3.8, 4) is 5.75 Å². The van der Waals surface area contributed by atoms with E-state index >= 15 is 0 Å². The average molecular weight is 439 g/mol. The molecule has 5 rings (SSSR count). The molecule has 5 N–H and O–H groups in total. The lowest BCUT2D eigenvalue weighted by Crippen LogP contribution is -2.51. The van der Waals surface area contributed by atoms with Gasteiger partial charge in [0, 0.05) is 24.9 Å². The van der Waals surface area contributed by atoms with Crippen molar-refractivity contribution in [1.29, 1.82) is 0 Å². The Morgan fingerprint density at radius 2 is 1.44 bits per heavy atom. The third kappa shape index (κ3) is 4.32. The molecule has 5 heteroatoms. The molecular weight excluding hydrogens is 404 g/mol. The lowest BCUT2D eigenvalue weighted by molar-refractivity contribution is -0.127. The number of fused-ring (bicyclic) bond motifs is 1. The van der Waals surface area contributed by atoms with Crippen molar-refractivity contribution in [3.05, 3.63) is 64.7 Å². The number of hydrogen-bond donors (Lipinski definition) is 5. The molecule has 0 amide bonds. The molecule has 172 valence electrons. The molecule has 0 saturated heterocycles. The quantitative estimate of drug-likeness (QED) is 0.477. The van der Waals surface area contributed by atoms with Crippen LogP contribution in [-0.4, -0.2) is 50.5 Å². The second-order valence-corrected chi connectivity index (χ2v) is 10.4. The van der Waals surface area contributed by atoms with Gasteiger partial charge in [-0.15, -0.1) is 0 Å². The summed E-state index contributed by atoms with van der Waals surface area (Å²) in [7, 11) is 0. The summed E-state index contributed by atoms with van der Waals surface area (Å²) in [6, 6.07) is 13.9. The largest absolute Gasteiger partial charge is 0.508 e. The molecule has 1 unspecified atom stereocenters. The molecule has 3 aliphatic rings. The van der Waals surface area contributed by atoms with Crippen LogP contribution in [0.2, 0.25) is 0 Å². The lowest BCUT2D eigenvalue weighted by atomic mass is 9.73. The van der Waals surface area contributed by atoms with Crippen molar-refractivity contribution < 1.29 is 25.5 Å². The van der Waals surface area contributed by atoms with Gasteiger partial charge in [0.25, 0.3) is 0 Å². The first kappa shape index (κ1) is 21.9. The van der Waals surface area contributed by atoms with Crippen molar-refractivity contribution in [3.63, 3.8) is 0 Å². The molecule has 0 radical (unpaired) electrons. The smallest absolute Gasteiger partial charge is 0.119 e. The van der Waals surface area contributed by atoms with E-state index < -0.39 is 30.1 Å².